The number of benzene rings is 2. The normalized spacial score (nSPS) is 15.7. The number of rotatable bonds is 9. The fraction of sp³-hybridized carbons (Fsp3) is 0.375. The first kappa shape index (κ1) is 23.9. The van der Waals surface area contributed by atoms with E-state index < -0.39 is 10.0 Å². The largest absolute Gasteiger partial charge is 0.337 e. The molecule has 1 fully saturated rings. The Hall–Kier alpha value is -3.24. The van der Waals surface area contributed by atoms with Crippen molar-refractivity contribution >= 4 is 27.3 Å². The van der Waals surface area contributed by atoms with E-state index in [-0.39, 0.29) is 28.1 Å². The molecule has 10 heteroatoms. The summed E-state index contributed by atoms with van der Waals surface area (Å²) in [5.74, 6) is 0.942. The lowest BCUT2D eigenvalue weighted by Crippen LogP contribution is -2.21. The molecule has 1 heterocycles. The number of hydrogen-bond donors (Lipinski definition) is 3. The van der Waals surface area contributed by atoms with Crippen LogP contribution in [0.5, 0.6) is 0 Å². The molecule has 0 aliphatic heterocycles. The number of amides is 1. The first-order valence-electron chi connectivity index (χ1n) is 11.2. The summed E-state index contributed by atoms with van der Waals surface area (Å²) in [6.45, 7) is 6.03. The Morgan fingerprint density at radius 1 is 1.15 bits per heavy atom. The van der Waals surface area contributed by atoms with E-state index in [1.54, 1.807) is 36.4 Å². The smallest absolute Gasteiger partial charge is 0.261 e. The molecule has 4 rings (SSSR count). The number of sulfonamides is 1. The lowest BCUT2D eigenvalue weighted by atomic mass is 10.0. The summed E-state index contributed by atoms with van der Waals surface area (Å²) in [5, 5.41) is 6.83. The Kier molecular flexibility index (Phi) is 6.46. The molecule has 1 aliphatic carbocycles. The Bertz CT molecular complexity index is 1280. The van der Waals surface area contributed by atoms with Crippen LogP contribution < -0.4 is 15.8 Å². The molecule has 9 nitrogen and oxygen atoms in total. The van der Waals surface area contributed by atoms with Gasteiger partial charge < -0.3 is 15.6 Å². The second-order valence-electron chi connectivity index (χ2n) is 9.42. The SMILES string of the molecule is CC(C)C[C@H](N)c1nc(-c2cccc(S(=O)(=O)Nc3ccc(NC(=O)C4(C)CC4)cc3)c2)no1. The minimum Gasteiger partial charge on any atom is -0.337 e. The van der Waals surface area contributed by atoms with E-state index in [0.29, 0.717) is 35.2 Å². The number of nitrogens with zero attached hydrogens (tertiary/aromatic N) is 2. The standard InChI is InChI=1S/C24H29N5O4S/c1-15(2)13-20(25)22-27-21(28-33-22)16-5-4-6-19(14-16)34(31,32)29-18-9-7-17(8-10-18)26-23(30)24(3)11-12-24/h4-10,14-15,20,29H,11-13,25H2,1-3H3,(H,26,30)/t20-/m0/s1. The molecule has 1 aromatic heterocycles. The molecule has 180 valence electrons. The average Bonchev–Trinajstić information content (AvgIpc) is 3.35. The van der Waals surface area contributed by atoms with E-state index >= 15 is 0 Å². The van der Waals surface area contributed by atoms with E-state index in [4.69, 9.17) is 10.3 Å². The van der Waals surface area contributed by atoms with Crippen molar-refractivity contribution in [3.05, 3.63) is 54.4 Å². The van der Waals surface area contributed by atoms with Crippen LogP contribution in [0, 0.1) is 11.3 Å². The highest BCUT2D eigenvalue weighted by atomic mass is 32.2. The first-order chi connectivity index (χ1) is 16.1. The van der Waals surface area contributed by atoms with E-state index in [2.05, 4.69) is 34.0 Å². The van der Waals surface area contributed by atoms with Crippen LogP contribution in [0.1, 0.15) is 52.0 Å². The highest BCUT2D eigenvalue weighted by Crippen LogP contribution is 2.45. The summed E-state index contributed by atoms with van der Waals surface area (Å²) in [7, 11) is -3.87. The molecular formula is C24H29N5O4S. The van der Waals surface area contributed by atoms with Gasteiger partial charge in [-0.05, 0) is 61.6 Å². The van der Waals surface area contributed by atoms with Crippen molar-refractivity contribution in [2.24, 2.45) is 17.1 Å². The van der Waals surface area contributed by atoms with Crippen molar-refractivity contribution in [1.29, 1.82) is 0 Å². The van der Waals surface area contributed by atoms with Gasteiger partial charge in [-0.15, -0.1) is 0 Å². The minimum absolute atomic E-state index is 0.0209. The van der Waals surface area contributed by atoms with Gasteiger partial charge in [-0.25, -0.2) is 8.42 Å². The zero-order valence-corrected chi connectivity index (χ0v) is 20.2. The molecule has 0 bridgehead atoms. The molecule has 1 atom stereocenters. The Morgan fingerprint density at radius 2 is 1.82 bits per heavy atom. The van der Waals surface area contributed by atoms with Crippen LogP contribution in [0.25, 0.3) is 11.4 Å². The van der Waals surface area contributed by atoms with Gasteiger partial charge in [0.2, 0.25) is 17.6 Å². The summed E-state index contributed by atoms with van der Waals surface area (Å²) in [5.41, 5.74) is 7.32. The quantitative estimate of drug-likeness (QED) is 0.411. The second-order valence-corrected chi connectivity index (χ2v) is 11.1. The van der Waals surface area contributed by atoms with Crippen molar-refractivity contribution in [2.45, 2.75) is 51.0 Å². The Balaban J connectivity index is 1.46. The maximum absolute atomic E-state index is 13.0. The maximum Gasteiger partial charge on any atom is 0.261 e. The fourth-order valence-corrected chi connectivity index (χ4v) is 4.55. The summed E-state index contributed by atoms with van der Waals surface area (Å²) in [6, 6.07) is 12.5. The first-order valence-corrected chi connectivity index (χ1v) is 12.7. The topological polar surface area (TPSA) is 140 Å². The number of anilines is 2. The van der Waals surface area contributed by atoms with E-state index in [9.17, 15) is 13.2 Å². The van der Waals surface area contributed by atoms with Crippen LogP contribution in [0.3, 0.4) is 0 Å². The van der Waals surface area contributed by atoms with E-state index in [0.717, 1.165) is 12.8 Å². The van der Waals surface area contributed by atoms with Gasteiger partial charge in [0, 0.05) is 22.4 Å². The van der Waals surface area contributed by atoms with Gasteiger partial charge in [0.15, 0.2) is 0 Å². The summed E-state index contributed by atoms with van der Waals surface area (Å²) < 4.78 is 33.8. The second kappa shape index (κ2) is 9.19. The maximum atomic E-state index is 13.0. The fourth-order valence-electron chi connectivity index (χ4n) is 3.45. The van der Waals surface area contributed by atoms with Gasteiger partial charge in [0.05, 0.1) is 10.9 Å². The third-order valence-electron chi connectivity index (χ3n) is 5.83. The highest BCUT2D eigenvalue weighted by Gasteiger charge is 2.44. The number of carbonyl (C=O) groups is 1. The summed E-state index contributed by atoms with van der Waals surface area (Å²) in [6.07, 6.45) is 2.46. The number of hydrogen-bond acceptors (Lipinski definition) is 7. The van der Waals surface area contributed by atoms with Gasteiger partial charge in [0.25, 0.3) is 10.0 Å². The summed E-state index contributed by atoms with van der Waals surface area (Å²) >= 11 is 0. The molecule has 1 aliphatic rings. The molecule has 34 heavy (non-hydrogen) atoms. The number of carbonyl (C=O) groups excluding carboxylic acids is 1. The zero-order chi connectivity index (χ0) is 24.5. The van der Waals surface area contributed by atoms with Gasteiger partial charge >= 0.3 is 0 Å². The van der Waals surface area contributed by atoms with Crippen molar-refractivity contribution in [3.8, 4) is 11.4 Å². The predicted molar refractivity (Wildman–Crippen MR) is 129 cm³/mol. The number of nitrogens with one attached hydrogen (secondary N) is 2. The van der Waals surface area contributed by atoms with Crippen LogP contribution in [-0.2, 0) is 14.8 Å². The van der Waals surface area contributed by atoms with Crippen LogP contribution in [-0.4, -0.2) is 24.5 Å². The average molecular weight is 484 g/mol. The Labute approximate surface area is 199 Å². The van der Waals surface area contributed by atoms with E-state index in [1.165, 1.54) is 12.1 Å². The molecular weight excluding hydrogens is 454 g/mol. The number of nitrogens with two attached hydrogens (primary N) is 1. The molecule has 0 saturated heterocycles. The lowest BCUT2D eigenvalue weighted by Gasteiger charge is -2.12. The van der Waals surface area contributed by atoms with Crippen molar-refractivity contribution < 1.29 is 17.7 Å². The Morgan fingerprint density at radius 3 is 2.47 bits per heavy atom. The molecule has 0 spiro atoms. The zero-order valence-electron chi connectivity index (χ0n) is 19.4. The third-order valence-corrected chi connectivity index (χ3v) is 7.21. The van der Waals surface area contributed by atoms with Crippen LogP contribution in [0.2, 0.25) is 0 Å². The molecule has 0 unspecified atom stereocenters. The highest BCUT2D eigenvalue weighted by molar-refractivity contribution is 7.92. The lowest BCUT2D eigenvalue weighted by molar-refractivity contribution is -0.120. The predicted octanol–water partition coefficient (Wildman–Crippen LogP) is 4.32. The monoisotopic (exact) mass is 483 g/mol. The molecule has 0 radical (unpaired) electrons. The molecule has 2 aromatic carbocycles. The van der Waals surface area contributed by atoms with Gasteiger partial charge in [-0.1, -0.05) is 38.1 Å². The molecule has 4 N–H and O–H groups in total. The third kappa shape index (κ3) is 5.45. The van der Waals surface area contributed by atoms with Crippen LogP contribution in [0.4, 0.5) is 11.4 Å². The minimum atomic E-state index is -3.87. The molecule has 3 aromatic rings. The summed E-state index contributed by atoms with van der Waals surface area (Å²) in [4.78, 5) is 16.6. The van der Waals surface area contributed by atoms with Crippen molar-refractivity contribution in [3.63, 3.8) is 0 Å². The molecule has 1 amide bonds. The van der Waals surface area contributed by atoms with Crippen molar-refractivity contribution in [1.82, 2.24) is 10.1 Å². The van der Waals surface area contributed by atoms with Gasteiger partial charge in [-0.2, -0.15) is 4.98 Å². The van der Waals surface area contributed by atoms with Gasteiger partial charge in [-0.3, -0.25) is 9.52 Å². The van der Waals surface area contributed by atoms with Crippen LogP contribution >= 0.6 is 0 Å². The van der Waals surface area contributed by atoms with Gasteiger partial charge in [0.1, 0.15) is 0 Å². The van der Waals surface area contributed by atoms with Crippen molar-refractivity contribution in [2.75, 3.05) is 10.0 Å². The van der Waals surface area contributed by atoms with Crippen LogP contribution in [0.15, 0.2) is 57.9 Å². The molecule has 1 saturated carbocycles. The number of aromatic nitrogens is 2. The van der Waals surface area contributed by atoms with E-state index in [1.807, 2.05) is 6.92 Å².